The van der Waals surface area contributed by atoms with Crippen LogP contribution in [-0.4, -0.2) is 21.0 Å². The molecular formula is C15H13F3N4. The van der Waals surface area contributed by atoms with Gasteiger partial charge in [-0.05, 0) is 25.0 Å². The summed E-state index contributed by atoms with van der Waals surface area (Å²) in [6, 6.07) is 5.94. The van der Waals surface area contributed by atoms with Gasteiger partial charge in [0, 0.05) is 18.3 Å². The van der Waals surface area contributed by atoms with E-state index in [1.54, 1.807) is 18.2 Å². The molecule has 2 aromatic heterocycles. The first-order valence-corrected chi connectivity index (χ1v) is 6.81. The summed E-state index contributed by atoms with van der Waals surface area (Å²) in [4.78, 5) is 11.8. The predicted molar refractivity (Wildman–Crippen MR) is 76.0 cm³/mol. The molecule has 4 nitrogen and oxygen atoms in total. The van der Waals surface area contributed by atoms with Crippen molar-refractivity contribution in [1.82, 2.24) is 15.0 Å². The van der Waals surface area contributed by atoms with Crippen molar-refractivity contribution in [2.45, 2.75) is 25.1 Å². The van der Waals surface area contributed by atoms with E-state index in [0.717, 1.165) is 18.9 Å². The van der Waals surface area contributed by atoms with Crippen molar-refractivity contribution in [2.24, 2.45) is 0 Å². The van der Waals surface area contributed by atoms with Crippen LogP contribution in [0, 0.1) is 0 Å². The van der Waals surface area contributed by atoms with Crippen LogP contribution in [-0.2, 0) is 6.18 Å². The number of halogens is 3. The maximum Gasteiger partial charge on any atom is 0.433 e. The molecule has 0 amide bonds. The molecule has 1 aliphatic rings. The van der Waals surface area contributed by atoms with Crippen LogP contribution in [0.5, 0.6) is 0 Å². The Bertz CT molecular complexity index is 675. The molecule has 3 rings (SSSR count). The summed E-state index contributed by atoms with van der Waals surface area (Å²) in [5.41, 5.74) is -0.669. The average molecular weight is 306 g/mol. The third-order valence-electron chi connectivity index (χ3n) is 3.27. The Balaban J connectivity index is 1.98. The SMILES string of the molecule is FC(F)(F)c1cc(NC2CC=CC2)nc(-c2ccccn2)n1. The van der Waals surface area contributed by atoms with E-state index in [2.05, 4.69) is 20.3 Å². The molecule has 0 spiro atoms. The number of anilines is 1. The van der Waals surface area contributed by atoms with Crippen LogP contribution in [0.2, 0.25) is 0 Å². The lowest BCUT2D eigenvalue weighted by Gasteiger charge is -2.15. The molecule has 0 radical (unpaired) electrons. The zero-order valence-corrected chi connectivity index (χ0v) is 11.5. The fraction of sp³-hybridized carbons (Fsp3) is 0.267. The van der Waals surface area contributed by atoms with Gasteiger partial charge in [0.2, 0.25) is 0 Å². The molecule has 0 unspecified atom stereocenters. The number of hydrogen-bond donors (Lipinski definition) is 1. The van der Waals surface area contributed by atoms with Gasteiger partial charge in [0.1, 0.15) is 11.5 Å². The third-order valence-corrected chi connectivity index (χ3v) is 3.27. The lowest BCUT2D eigenvalue weighted by atomic mass is 10.2. The molecule has 2 aromatic rings. The minimum atomic E-state index is -4.53. The molecule has 7 heteroatoms. The van der Waals surface area contributed by atoms with Crippen molar-refractivity contribution < 1.29 is 13.2 Å². The number of pyridine rings is 1. The maximum atomic E-state index is 13.0. The van der Waals surface area contributed by atoms with Crippen LogP contribution in [0.25, 0.3) is 11.5 Å². The number of hydrogen-bond acceptors (Lipinski definition) is 4. The van der Waals surface area contributed by atoms with Crippen LogP contribution in [0.3, 0.4) is 0 Å². The summed E-state index contributed by atoms with van der Waals surface area (Å²) in [6.07, 6.45) is 2.48. The molecule has 0 saturated carbocycles. The monoisotopic (exact) mass is 306 g/mol. The van der Waals surface area contributed by atoms with Gasteiger partial charge in [-0.2, -0.15) is 13.2 Å². The van der Waals surface area contributed by atoms with E-state index in [9.17, 15) is 13.2 Å². The summed E-state index contributed by atoms with van der Waals surface area (Å²) in [7, 11) is 0. The first-order chi connectivity index (χ1) is 10.5. The van der Waals surface area contributed by atoms with E-state index < -0.39 is 11.9 Å². The second-order valence-corrected chi connectivity index (χ2v) is 4.96. The third kappa shape index (κ3) is 3.24. The average Bonchev–Trinajstić information content (AvgIpc) is 3.00. The minimum absolute atomic E-state index is 0.0381. The highest BCUT2D eigenvalue weighted by molar-refractivity contribution is 5.53. The zero-order chi connectivity index (χ0) is 15.6. The molecule has 0 atom stereocenters. The fourth-order valence-electron chi connectivity index (χ4n) is 2.22. The van der Waals surface area contributed by atoms with Gasteiger partial charge < -0.3 is 5.32 Å². The van der Waals surface area contributed by atoms with Crippen LogP contribution >= 0.6 is 0 Å². The van der Waals surface area contributed by atoms with Gasteiger partial charge in [-0.25, -0.2) is 9.97 Å². The van der Waals surface area contributed by atoms with Gasteiger partial charge in [0.05, 0.1) is 0 Å². The summed E-state index contributed by atoms with van der Waals surface area (Å²) in [5, 5.41) is 3.02. The van der Waals surface area contributed by atoms with E-state index >= 15 is 0 Å². The Hall–Kier alpha value is -2.44. The Morgan fingerprint density at radius 1 is 1.09 bits per heavy atom. The van der Waals surface area contributed by atoms with Crippen LogP contribution in [0.1, 0.15) is 18.5 Å². The Morgan fingerprint density at radius 2 is 1.86 bits per heavy atom. The van der Waals surface area contributed by atoms with E-state index in [4.69, 9.17) is 0 Å². The van der Waals surface area contributed by atoms with E-state index in [1.807, 2.05) is 12.2 Å². The predicted octanol–water partition coefficient (Wildman–Crippen LogP) is 3.69. The normalized spacial score (nSPS) is 15.2. The summed E-state index contributed by atoms with van der Waals surface area (Å²) < 4.78 is 39.1. The second-order valence-electron chi connectivity index (χ2n) is 4.96. The lowest BCUT2D eigenvalue weighted by molar-refractivity contribution is -0.141. The van der Waals surface area contributed by atoms with Gasteiger partial charge in [0.15, 0.2) is 11.5 Å². The summed E-state index contributed by atoms with van der Waals surface area (Å²) in [5.74, 6) is 0.126. The van der Waals surface area contributed by atoms with Gasteiger partial charge >= 0.3 is 6.18 Å². The molecule has 0 saturated heterocycles. The van der Waals surface area contributed by atoms with Crippen LogP contribution in [0.4, 0.5) is 19.0 Å². The molecule has 0 aromatic carbocycles. The van der Waals surface area contributed by atoms with E-state index in [0.29, 0.717) is 5.69 Å². The van der Waals surface area contributed by atoms with Gasteiger partial charge in [-0.15, -0.1) is 0 Å². The molecule has 1 N–H and O–H groups in total. The number of aromatic nitrogens is 3. The van der Waals surface area contributed by atoms with Crippen molar-refractivity contribution in [3.8, 4) is 11.5 Å². The maximum absolute atomic E-state index is 13.0. The second kappa shape index (κ2) is 5.75. The number of nitrogens with zero attached hydrogens (tertiary/aromatic N) is 3. The van der Waals surface area contributed by atoms with Crippen LogP contribution < -0.4 is 5.32 Å². The van der Waals surface area contributed by atoms with Gasteiger partial charge in [-0.3, -0.25) is 4.98 Å². The van der Waals surface area contributed by atoms with Gasteiger partial charge in [0.25, 0.3) is 0 Å². The molecule has 0 fully saturated rings. The fourth-order valence-corrected chi connectivity index (χ4v) is 2.22. The highest BCUT2D eigenvalue weighted by atomic mass is 19.4. The molecule has 1 aliphatic carbocycles. The number of rotatable bonds is 3. The molecule has 2 heterocycles. The van der Waals surface area contributed by atoms with Crippen molar-refractivity contribution in [3.05, 3.63) is 48.3 Å². The number of alkyl halides is 3. The smallest absolute Gasteiger partial charge is 0.367 e. The quantitative estimate of drug-likeness (QED) is 0.879. The van der Waals surface area contributed by atoms with E-state index in [1.165, 1.54) is 6.20 Å². The highest BCUT2D eigenvalue weighted by Crippen LogP contribution is 2.31. The molecule has 114 valence electrons. The minimum Gasteiger partial charge on any atom is -0.367 e. The van der Waals surface area contributed by atoms with Crippen LogP contribution in [0.15, 0.2) is 42.6 Å². The molecular weight excluding hydrogens is 293 g/mol. The van der Waals surface area contributed by atoms with Crippen molar-refractivity contribution in [1.29, 1.82) is 0 Å². The zero-order valence-electron chi connectivity index (χ0n) is 11.5. The Labute approximate surface area is 125 Å². The van der Waals surface area contributed by atoms with Crippen molar-refractivity contribution >= 4 is 5.82 Å². The summed E-state index contributed by atoms with van der Waals surface area (Å²) >= 11 is 0. The Morgan fingerprint density at radius 3 is 2.50 bits per heavy atom. The molecule has 0 bridgehead atoms. The lowest BCUT2D eigenvalue weighted by Crippen LogP contribution is -2.18. The van der Waals surface area contributed by atoms with Crippen molar-refractivity contribution in [3.63, 3.8) is 0 Å². The van der Waals surface area contributed by atoms with Crippen molar-refractivity contribution in [2.75, 3.05) is 5.32 Å². The Kier molecular flexibility index (Phi) is 3.79. The first-order valence-electron chi connectivity index (χ1n) is 6.81. The largest absolute Gasteiger partial charge is 0.433 e. The molecule has 22 heavy (non-hydrogen) atoms. The summed E-state index contributed by atoms with van der Waals surface area (Å²) in [6.45, 7) is 0. The number of nitrogens with one attached hydrogen (secondary N) is 1. The standard InChI is InChI=1S/C15H13F3N4/c16-15(17,18)12-9-13(20-10-5-1-2-6-10)22-14(21-12)11-7-3-4-8-19-11/h1-4,7-10H,5-6H2,(H,20,21,22). The highest BCUT2D eigenvalue weighted by Gasteiger charge is 2.34. The van der Waals surface area contributed by atoms with Gasteiger partial charge in [-0.1, -0.05) is 18.2 Å². The first kappa shape index (κ1) is 14.5. The molecule has 0 aliphatic heterocycles. The van der Waals surface area contributed by atoms with E-state index in [-0.39, 0.29) is 17.7 Å². The topological polar surface area (TPSA) is 50.7 Å².